The van der Waals surface area contributed by atoms with Crippen LogP contribution in [0.4, 0.5) is 4.79 Å². The molecule has 5 rings (SSSR count). The summed E-state index contributed by atoms with van der Waals surface area (Å²) in [5.41, 5.74) is 9.10. The first-order valence-electron chi connectivity index (χ1n) is 16.6. The molecule has 2 unspecified atom stereocenters. The lowest BCUT2D eigenvalue weighted by atomic mass is 9.95. The molecule has 0 spiro atoms. The summed E-state index contributed by atoms with van der Waals surface area (Å²) in [5, 5.41) is 37.8. The Morgan fingerprint density at radius 1 is 1.06 bits per heavy atom. The predicted molar refractivity (Wildman–Crippen MR) is 182 cm³/mol. The van der Waals surface area contributed by atoms with Gasteiger partial charge in [0.15, 0.2) is 11.5 Å². The number of carbonyl (C=O) groups excluding carboxylic acids is 1. The molecular weight excluding hydrogens is 634 g/mol. The van der Waals surface area contributed by atoms with Crippen LogP contribution in [0.5, 0.6) is 17.2 Å². The topological polar surface area (TPSA) is 184 Å². The highest BCUT2D eigenvalue weighted by molar-refractivity contribution is 6.09. The molecule has 1 aliphatic heterocycles. The van der Waals surface area contributed by atoms with Crippen LogP contribution in [0, 0.1) is 0 Å². The number of hydrazone groups is 1. The number of allylic oxidation sites excluding steroid dienone is 2. The van der Waals surface area contributed by atoms with Crippen LogP contribution in [-0.4, -0.2) is 103 Å². The fraction of sp³-hybridized carbons (Fsp3) is 0.486. The molecule has 2 aliphatic carbocycles. The van der Waals surface area contributed by atoms with Crippen molar-refractivity contribution in [1.82, 2.24) is 15.6 Å². The highest BCUT2D eigenvalue weighted by Crippen LogP contribution is 2.50. The molecular formula is C35H45N5O9. The van der Waals surface area contributed by atoms with E-state index in [9.17, 15) is 24.9 Å². The van der Waals surface area contributed by atoms with E-state index in [4.69, 9.17) is 24.0 Å². The number of aliphatic hydroxyl groups excluding tert-OH is 2. The van der Waals surface area contributed by atoms with E-state index in [1.807, 2.05) is 12.1 Å². The lowest BCUT2D eigenvalue weighted by molar-refractivity contribution is -0.144. The van der Waals surface area contributed by atoms with Crippen LogP contribution in [-0.2, 0) is 22.6 Å². The number of ether oxygens (including phenoxy) is 4. The van der Waals surface area contributed by atoms with Gasteiger partial charge in [0.05, 0.1) is 45.8 Å². The van der Waals surface area contributed by atoms with Crippen molar-refractivity contribution in [2.45, 2.75) is 63.7 Å². The summed E-state index contributed by atoms with van der Waals surface area (Å²) >= 11 is 0. The standard InChI is InChI=1S/C35H45N5O9/c1-46-31-29(48-17-14-28(33(43)44)40(19-24(42)20-41)35(45)49-21-22-8-4-3-5-9-22)18-23-12-13-27(38-39-34-36-15-7-16-37-34)25-10-6-11-26(25)30(23)32(31)47-2/h3-5,8-9,18,24,28,41-42H,6-7,10-17,19-21H2,1-2H3,(H,43,44)(H2,36,37,39). The summed E-state index contributed by atoms with van der Waals surface area (Å²) < 4.78 is 23.3. The number of guanidine groups is 1. The first-order valence-corrected chi connectivity index (χ1v) is 16.6. The number of nitrogens with one attached hydrogen (secondary N) is 2. The van der Waals surface area contributed by atoms with Gasteiger partial charge in [0.2, 0.25) is 11.7 Å². The molecule has 0 fully saturated rings. The first-order chi connectivity index (χ1) is 23.8. The molecule has 0 saturated carbocycles. The molecule has 14 nitrogen and oxygen atoms in total. The zero-order valence-electron chi connectivity index (χ0n) is 27.9. The number of aliphatic imine (C=N–C) groups is 1. The Balaban J connectivity index is 1.35. The van der Waals surface area contributed by atoms with E-state index in [1.54, 1.807) is 31.4 Å². The van der Waals surface area contributed by atoms with Crippen LogP contribution >= 0.6 is 0 Å². The average Bonchev–Trinajstić information content (AvgIpc) is 3.55. The maximum absolute atomic E-state index is 13.1. The highest BCUT2D eigenvalue weighted by atomic mass is 16.6. The fourth-order valence-electron chi connectivity index (χ4n) is 6.39. The van der Waals surface area contributed by atoms with Gasteiger partial charge >= 0.3 is 12.1 Å². The largest absolute Gasteiger partial charge is 0.492 e. The number of benzene rings is 2. The number of nitrogens with zero attached hydrogens (tertiary/aromatic N) is 3. The van der Waals surface area contributed by atoms with Gasteiger partial charge in [0.1, 0.15) is 12.6 Å². The third-order valence-corrected chi connectivity index (χ3v) is 8.75. The molecule has 49 heavy (non-hydrogen) atoms. The minimum Gasteiger partial charge on any atom is -0.492 e. The number of rotatable bonds is 14. The minimum absolute atomic E-state index is 0.0906. The van der Waals surface area contributed by atoms with Gasteiger partial charge in [0.25, 0.3) is 0 Å². The van der Waals surface area contributed by atoms with Gasteiger partial charge in [-0.1, -0.05) is 30.3 Å². The van der Waals surface area contributed by atoms with E-state index in [-0.39, 0.29) is 19.6 Å². The Hall–Kier alpha value is -4.82. The Kier molecular flexibility index (Phi) is 12.3. The molecule has 0 saturated heterocycles. The molecule has 0 aromatic heterocycles. The Bertz CT molecular complexity index is 1580. The molecule has 3 aliphatic rings. The average molecular weight is 680 g/mol. The van der Waals surface area contributed by atoms with Crippen molar-refractivity contribution >= 4 is 29.3 Å². The third kappa shape index (κ3) is 8.62. The molecule has 2 aromatic carbocycles. The summed E-state index contributed by atoms with van der Waals surface area (Å²) in [5.74, 6) is 0.636. The number of aliphatic hydroxyl groups is 2. The summed E-state index contributed by atoms with van der Waals surface area (Å²) in [4.78, 5) is 30.9. The van der Waals surface area contributed by atoms with Crippen molar-refractivity contribution < 1.29 is 43.9 Å². The number of fused-ring (bicyclic) bond motifs is 2. The second-order valence-corrected chi connectivity index (χ2v) is 12.0. The van der Waals surface area contributed by atoms with Crippen molar-refractivity contribution in [3.8, 4) is 17.2 Å². The van der Waals surface area contributed by atoms with Gasteiger partial charge in [-0.05, 0) is 66.9 Å². The summed E-state index contributed by atoms with van der Waals surface area (Å²) in [6.45, 7) is 0.289. The van der Waals surface area contributed by atoms with Crippen LogP contribution in [0.3, 0.4) is 0 Å². The minimum atomic E-state index is -1.42. The third-order valence-electron chi connectivity index (χ3n) is 8.75. The van der Waals surface area contributed by atoms with Crippen LogP contribution in [0.15, 0.2) is 52.1 Å². The van der Waals surface area contributed by atoms with E-state index in [1.165, 1.54) is 12.7 Å². The summed E-state index contributed by atoms with van der Waals surface area (Å²) in [6, 6.07) is 9.42. The van der Waals surface area contributed by atoms with E-state index in [2.05, 4.69) is 15.7 Å². The lowest BCUT2D eigenvalue weighted by Gasteiger charge is -2.30. The number of hydrogen-bond acceptors (Lipinski definition) is 12. The second kappa shape index (κ2) is 17.0. The van der Waals surface area contributed by atoms with E-state index in [0.717, 1.165) is 66.1 Å². The Morgan fingerprint density at radius 3 is 2.53 bits per heavy atom. The second-order valence-electron chi connectivity index (χ2n) is 12.0. The van der Waals surface area contributed by atoms with Gasteiger partial charge in [-0.25, -0.2) is 15.0 Å². The van der Waals surface area contributed by atoms with Crippen molar-refractivity contribution in [2.24, 2.45) is 10.1 Å². The van der Waals surface area contributed by atoms with Crippen LogP contribution in [0.2, 0.25) is 0 Å². The number of aliphatic carboxylic acids is 1. The van der Waals surface area contributed by atoms with Crippen LogP contribution < -0.4 is 25.0 Å². The number of carbonyl (C=O) groups is 2. The monoisotopic (exact) mass is 679 g/mol. The number of carboxylic acid groups (broad SMARTS) is 1. The summed E-state index contributed by atoms with van der Waals surface area (Å²) in [6.07, 6.45) is 2.60. The Labute approximate surface area is 285 Å². The number of hydrogen-bond donors (Lipinski definition) is 5. The van der Waals surface area contributed by atoms with Crippen molar-refractivity contribution in [3.05, 3.63) is 58.7 Å². The van der Waals surface area contributed by atoms with E-state index < -0.39 is 37.4 Å². The normalized spacial score (nSPS) is 17.5. The Morgan fingerprint density at radius 2 is 1.84 bits per heavy atom. The smallest absolute Gasteiger partial charge is 0.410 e. The molecule has 0 radical (unpaired) electrons. The van der Waals surface area contributed by atoms with Crippen molar-refractivity contribution in [1.29, 1.82) is 0 Å². The van der Waals surface area contributed by atoms with Gasteiger partial charge in [-0.3, -0.25) is 9.89 Å². The molecule has 1 amide bonds. The highest BCUT2D eigenvalue weighted by Gasteiger charge is 2.34. The SMILES string of the molecule is COc1c(OCCC(C(=O)O)N(CC(O)CO)C(=O)OCc2ccccc2)cc2c(c1OC)C1=C(CCC1)C(=NNC1=NCCCN1)CC2. The van der Waals surface area contributed by atoms with Gasteiger partial charge in [-0.15, -0.1) is 0 Å². The molecule has 1 heterocycles. The number of carboxylic acids is 1. The van der Waals surface area contributed by atoms with Gasteiger partial charge in [0, 0.05) is 25.1 Å². The number of aryl methyl sites for hydroxylation is 1. The fourth-order valence-corrected chi connectivity index (χ4v) is 6.39. The molecule has 2 atom stereocenters. The first kappa shape index (κ1) is 35.5. The van der Waals surface area contributed by atoms with Crippen LogP contribution in [0.25, 0.3) is 5.57 Å². The van der Waals surface area contributed by atoms with Crippen LogP contribution in [0.1, 0.15) is 55.2 Å². The quantitative estimate of drug-likeness (QED) is 0.185. The van der Waals surface area contributed by atoms with Gasteiger partial charge < -0.3 is 39.6 Å². The van der Waals surface area contributed by atoms with E-state index >= 15 is 0 Å². The zero-order valence-corrected chi connectivity index (χ0v) is 27.9. The lowest BCUT2D eigenvalue weighted by Crippen LogP contribution is -2.49. The van der Waals surface area contributed by atoms with E-state index in [0.29, 0.717) is 41.6 Å². The molecule has 5 N–H and O–H groups in total. The van der Waals surface area contributed by atoms with Gasteiger partial charge in [-0.2, -0.15) is 5.10 Å². The van der Waals surface area contributed by atoms with Crippen molar-refractivity contribution in [2.75, 3.05) is 47.1 Å². The molecule has 2 aromatic rings. The molecule has 14 heteroatoms. The predicted octanol–water partition coefficient (Wildman–Crippen LogP) is 3.10. The summed E-state index contributed by atoms with van der Waals surface area (Å²) in [7, 11) is 3.10. The zero-order chi connectivity index (χ0) is 34.8. The maximum atomic E-state index is 13.1. The maximum Gasteiger partial charge on any atom is 0.410 e. The number of methoxy groups -OCH3 is 2. The molecule has 0 bridgehead atoms. The van der Waals surface area contributed by atoms with Crippen molar-refractivity contribution in [3.63, 3.8) is 0 Å². The molecule has 264 valence electrons. The number of amides is 1.